The van der Waals surface area contributed by atoms with Gasteiger partial charge in [0.2, 0.25) is 5.91 Å². The molecule has 7 heteroatoms. The van der Waals surface area contributed by atoms with Crippen molar-refractivity contribution in [1.29, 1.82) is 0 Å². The molecule has 1 saturated carbocycles. The zero-order chi connectivity index (χ0) is 15.6. The molecule has 0 bridgehead atoms. The lowest BCUT2D eigenvalue weighted by molar-refractivity contribution is -0.127. The minimum absolute atomic E-state index is 0.0970. The Hall–Kier alpha value is -2.18. The lowest BCUT2D eigenvalue weighted by Crippen LogP contribution is -2.37. The molecule has 2 aromatic heterocycles. The Morgan fingerprint density at radius 2 is 2.32 bits per heavy atom. The molecule has 2 aromatic rings. The van der Waals surface area contributed by atoms with Gasteiger partial charge in [0, 0.05) is 25.5 Å². The van der Waals surface area contributed by atoms with Gasteiger partial charge in [-0.15, -0.1) is 0 Å². The zero-order valence-corrected chi connectivity index (χ0v) is 13.1. The van der Waals surface area contributed by atoms with Gasteiger partial charge in [0.1, 0.15) is 12.2 Å². The number of imidazole rings is 1. The molecule has 0 radical (unpaired) electrons. The number of amides is 1. The van der Waals surface area contributed by atoms with E-state index >= 15 is 0 Å². The van der Waals surface area contributed by atoms with Gasteiger partial charge in [-0.2, -0.15) is 5.10 Å². The molecule has 3 rings (SSSR count). The largest absolute Gasteiger partial charge is 0.346 e. The smallest absolute Gasteiger partial charge is 0.228 e. The molecule has 1 aliphatic carbocycles. The number of nitrogens with one attached hydrogen (secondary N) is 1. The first-order chi connectivity index (χ1) is 10.6. The van der Waals surface area contributed by atoms with Gasteiger partial charge in [-0.05, 0) is 26.2 Å². The average Bonchev–Trinajstić information content (AvgIpc) is 2.89. The van der Waals surface area contributed by atoms with E-state index in [1.54, 1.807) is 18.9 Å². The third-order valence-corrected chi connectivity index (χ3v) is 4.20. The van der Waals surface area contributed by atoms with E-state index in [1.807, 2.05) is 22.4 Å². The van der Waals surface area contributed by atoms with Gasteiger partial charge in [-0.1, -0.05) is 6.92 Å². The Morgan fingerprint density at radius 1 is 1.50 bits per heavy atom. The minimum Gasteiger partial charge on any atom is -0.346 e. The van der Waals surface area contributed by atoms with E-state index in [1.165, 1.54) is 0 Å². The quantitative estimate of drug-likeness (QED) is 0.841. The van der Waals surface area contributed by atoms with E-state index in [-0.39, 0.29) is 17.4 Å². The topological polar surface area (TPSA) is 77.6 Å². The Bertz CT molecular complexity index is 628. The van der Waals surface area contributed by atoms with E-state index < -0.39 is 0 Å². The van der Waals surface area contributed by atoms with E-state index in [0.29, 0.717) is 6.54 Å². The fourth-order valence-electron chi connectivity index (χ4n) is 2.74. The van der Waals surface area contributed by atoms with Gasteiger partial charge < -0.3 is 9.88 Å². The number of rotatable bonds is 7. The van der Waals surface area contributed by atoms with Gasteiger partial charge in [-0.3, -0.25) is 4.79 Å². The Balaban J connectivity index is 1.65. The highest BCUT2D eigenvalue weighted by Gasteiger charge is 2.50. The lowest BCUT2D eigenvalue weighted by Gasteiger charge is -2.20. The monoisotopic (exact) mass is 302 g/mol. The van der Waals surface area contributed by atoms with Crippen molar-refractivity contribution in [2.24, 2.45) is 5.41 Å². The second-order valence-corrected chi connectivity index (χ2v) is 6.05. The van der Waals surface area contributed by atoms with Crippen LogP contribution in [0.3, 0.4) is 0 Å². The molecule has 0 saturated heterocycles. The maximum absolute atomic E-state index is 12.6. The predicted molar refractivity (Wildman–Crippen MR) is 80.8 cm³/mol. The second kappa shape index (κ2) is 5.90. The molecule has 0 aromatic carbocycles. The van der Waals surface area contributed by atoms with Crippen molar-refractivity contribution in [3.8, 4) is 0 Å². The molecule has 2 heterocycles. The number of hydrogen-bond acceptors (Lipinski definition) is 4. The van der Waals surface area contributed by atoms with Crippen LogP contribution in [-0.4, -0.2) is 30.2 Å². The van der Waals surface area contributed by atoms with Crippen molar-refractivity contribution >= 4 is 5.91 Å². The Morgan fingerprint density at radius 3 is 2.95 bits per heavy atom. The normalized spacial score (nSPS) is 17.2. The van der Waals surface area contributed by atoms with Gasteiger partial charge in [0.15, 0.2) is 0 Å². The fraction of sp³-hybridized carbons (Fsp3) is 0.600. The lowest BCUT2D eigenvalue weighted by atomic mass is 10.1. The first-order valence-electron chi connectivity index (χ1n) is 7.79. The minimum atomic E-state index is -0.287. The highest BCUT2D eigenvalue weighted by molar-refractivity contribution is 5.85. The summed E-state index contributed by atoms with van der Waals surface area (Å²) < 4.78 is 3.83. The summed E-state index contributed by atoms with van der Waals surface area (Å²) in [6, 6.07) is -0.137. The molecule has 1 amide bonds. The Labute approximate surface area is 129 Å². The average molecular weight is 302 g/mol. The number of nitrogens with zero attached hydrogens (tertiary/aromatic N) is 5. The van der Waals surface area contributed by atoms with Crippen LogP contribution in [0.1, 0.15) is 45.0 Å². The molecule has 0 spiro atoms. The van der Waals surface area contributed by atoms with Crippen LogP contribution >= 0.6 is 0 Å². The zero-order valence-electron chi connectivity index (χ0n) is 13.1. The third-order valence-electron chi connectivity index (χ3n) is 4.20. The van der Waals surface area contributed by atoms with Crippen molar-refractivity contribution in [2.45, 2.75) is 52.2 Å². The molecule has 118 valence electrons. The molecular formula is C15H22N6O. The van der Waals surface area contributed by atoms with Crippen LogP contribution in [0, 0.1) is 5.41 Å². The van der Waals surface area contributed by atoms with Crippen LogP contribution in [0.4, 0.5) is 0 Å². The van der Waals surface area contributed by atoms with Crippen molar-refractivity contribution in [2.75, 3.05) is 0 Å². The summed E-state index contributed by atoms with van der Waals surface area (Å²) >= 11 is 0. The van der Waals surface area contributed by atoms with Gasteiger partial charge in [0.25, 0.3) is 0 Å². The van der Waals surface area contributed by atoms with E-state index in [4.69, 9.17) is 0 Å². The molecule has 0 aliphatic heterocycles. The fourth-order valence-corrected chi connectivity index (χ4v) is 2.74. The second-order valence-electron chi connectivity index (χ2n) is 6.05. The molecule has 1 fully saturated rings. The van der Waals surface area contributed by atoms with Crippen LogP contribution in [0.5, 0.6) is 0 Å². The summed E-state index contributed by atoms with van der Waals surface area (Å²) in [7, 11) is 0. The molecular weight excluding hydrogens is 280 g/mol. The number of carbonyl (C=O) groups excluding carboxylic acids is 1. The molecule has 1 aliphatic rings. The molecule has 0 unspecified atom stereocenters. The summed E-state index contributed by atoms with van der Waals surface area (Å²) in [5.74, 6) is 0.911. The van der Waals surface area contributed by atoms with Crippen molar-refractivity contribution in [3.05, 3.63) is 30.9 Å². The summed E-state index contributed by atoms with van der Waals surface area (Å²) in [6.45, 7) is 5.56. The molecule has 7 nitrogen and oxygen atoms in total. The van der Waals surface area contributed by atoms with Gasteiger partial charge in [0.05, 0.1) is 17.8 Å². The number of hydrogen-bond donors (Lipinski definition) is 1. The number of aromatic nitrogens is 5. The molecule has 1 atom stereocenters. The summed E-state index contributed by atoms with van der Waals surface area (Å²) in [6.07, 6.45) is 9.78. The summed E-state index contributed by atoms with van der Waals surface area (Å²) in [5.41, 5.74) is -0.287. The molecule has 22 heavy (non-hydrogen) atoms. The van der Waals surface area contributed by atoms with E-state index in [2.05, 4.69) is 27.3 Å². The van der Waals surface area contributed by atoms with Crippen molar-refractivity contribution in [1.82, 2.24) is 29.6 Å². The maximum atomic E-state index is 12.6. The van der Waals surface area contributed by atoms with Crippen LogP contribution < -0.4 is 5.32 Å². The van der Waals surface area contributed by atoms with E-state index in [9.17, 15) is 4.79 Å². The SMILES string of the molecule is CCCn1ncnc1[C@H](C)NC(=O)C1(Cn2ccnc2)CC1. The molecule has 1 N–H and O–H groups in total. The maximum Gasteiger partial charge on any atom is 0.228 e. The Kier molecular flexibility index (Phi) is 3.96. The van der Waals surface area contributed by atoms with Crippen LogP contribution in [0.15, 0.2) is 25.0 Å². The summed E-state index contributed by atoms with van der Waals surface area (Å²) in [4.78, 5) is 21.0. The standard InChI is InChI=1S/C15H22N6O/c1-3-7-21-13(17-10-18-21)12(2)19-14(22)15(4-5-15)9-20-8-6-16-11-20/h6,8,10-12H,3-5,7,9H2,1-2H3,(H,19,22)/t12-/m0/s1. The highest BCUT2D eigenvalue weighted by Crippen LogP contribution is 2.47. The van der Waals surface area contributed by atoms with E-state index in [0.717, 1.165) is 31.6 Å². The van der Waals surface area contributed by atoms with Crippen molar-refractivity contribution in [3.63, 3.8) is 0 Å². The first kappa shape index (κ1) is 14.7. The summed E-state index contributed by atoms with van der Waals surface area (Å²) in [5, 5.41) is 7.32. The third kappa shape index (κ3) is 2.88. The first-order valence-corrected chi connectivity index (χ1v) is 7.79. The van der Waals surface area contributed by atoms with Crippen LogP contribution in [0.25, 0.3) is 0 Å². The van der Waals surface area contributed by atoms with Gasteiger partial charge >= 0.3 is 0 Å². The van der Waals surface area contributed by atoms with Gasteiger partial charge in [-0.25, -0.2) is 14.6 Å². The van der Waals surface area contributed by atoms with Crippen LogP contribution in [-0.2, 0) is 17.9 Å². The van der Waals surface area contributed by atoms with Crippen LogP contribution in [0.2, 0.25) is 0 Å². The van der Waals surface area contributed by atoms with Crippen molar-refractivity contribution < 1.29 is 4.79 Å². The number of aryl methyl sites for hydroxylation is 1. The highest BCUT2D eigenvalue weighted by atomic mass is 16.2. The predicted octanol–water partition coefficient (Wildman–Crippen LogP) is 1.54. The number of carbonyl (C=O) groups is 1.